The summed E-state index contributed by atoms with van der Waals surface area (Å²) in [6.45, 7) is 1.93. The normalized spacial score (nSPS) is 12.1. The van der Waals surface area contributed by atoms with Gasteiger partial charge < -0.3 is 9.90 Å². The smallest absolute Gasteiger partial charge is 0.311 e. The molecule has 3 nitrogen and oxygen atoms in total. The van der Waals surface area contributed by atoms with Crippen molar-refractivity contribution in [3.8, 4) is 0 Å². The number of aldehydes is 1. The zero-order chi connectivity index (χ0) is 10.6. The molecule has 0 aliphatic carbocycles. The third-order valence-electron chi connectivity index (χ3n) is 2.11. The molecule has 74 valence electrons. The van der Waals surface area contributed by atoms with Gasteiger partial charge in [0.05, 0.1) is 5.92 Å². The van der Waals surface area contributed by atoms with Crippen LogP contribution in [0.2, 0.25) is 0 Å². The monoisotopic (exact) mass is 192 g/mol. The predicted octanol–water partition coefficient (Wildman–Crippen LogP) is 1.75. The fourth-order valence-corrected chi connectivity index (χ4v) is 1.27. The SMILES string of the molecule is Cc1ccc([C@@H](CC=O)C(=O)O)cc1. The van der Waals surface area contributed by atoms with Crippen LogP contribution >= 0.6 is 0 Å². The van der Waals surface area contributed by atoms with E-state index in [1.54, 1.807) is 12.1 Å². The second-order valence-electron chi connectivity index (χ2n) is 3.20. The zero-order valence-electron chi connectivity index (χ0n) is 7.93. The highest BCUT2D eigenvalue weighted by molar-refractivity contribution is 5.79. The highest BCUT2D eigenvalue weighted by atomic mass is 16.4. The number of carbonyl (C=O) groups is 2. The fraction of sp³-hybridized carbons (Fsp3) is 0.273. The molecule has 14 heavy (non-hydrogen) atoms. The molecule has 3 heteroatoms. The number of rotatable bonds is 4. The summed E-state index contributed by atoms with van der Waals surface area (Å²) < 4.78 is 0. The molecule has 0 aliphatic rings. The number of carbonyl (C=O) groups excluding carboxylic acids is 1. The minimum absolute atomic E-state index is 0.0262. The topological polar surface area (TPSA) is 54.4 Å². The Morgan fingerprint density at radius 2 is 2.00 bits per heavy atom. The third kappa shape index (κ3) is 2.42. The second-order valence-corrected chi connectivity index (χ2v) is 3.20. The highest BCUT2D eigenvalue weighted by Crippen LogP contribution is 2.19. The summed E-state index contributed by atoms with van der Waals surface area (Å²) in [5.74, 6) is -1.67. The van der Waals surface area contributed by atoms with E-state index < -0.39 is 11.9 Å². The van der Waals surface area contributed by atoms with Gasteiger partial charge in [0.15, 0.2) is 0 Å². The van der Waals surface area contributed by atoms with E-state index in [9.17, 15) is 9.59 Å². The summed E-state index contributed by atoms with van der Waals surface area (Å²) in [7, 11) is 0. The Bertz CT molecular complexity index is 327. The molecule has 0 bridgehead atoms. The Kier molecular flexibility index (Phi) is 3.40. The van der Waals surface area contributed by atoms with Crippen molar-refractivity contribution in [2.45, 2.75) is 19.3 Å². The molecule has 0 saturated carbocycles. The van der Waals surface area contributed by atoms with E-state index in [0.717, 1.165) is 5.56 Å². The Balaban J connectivity index is 2.93. The summed E-state index contributed by atoms with van der Waals surface area (Å²) in [5.41, 5.74) is 1.75. The highest BCUT2D eigenvalue weighted by Gasteiger charge is 2.18. The van der Waals surface area contributed by atoms with E-state index in [-0.39, 0.29) is 6.42 Å². The van der Waals surface area contributed by atoms with Crippen molar-refractivity contribution in [1.82, 2.24) is 0 Å². The van der Waals surface area contributed by atoms with Crippen molar-refractivity contribution in [3.63, 3.8) is 0 Å². The minimum Gasteiger partial charge on any atom is -0.481 e. The first kappa shape index (κ1) is 10.4. The quantitative estimate of drug-likeness (QED) is 0.739. The molecule has 0 fully saturated rings. The molecular weight excluding hydrogens is 180 g/mol. The molecule has 0 spiro atoms. The summed E-state index contributed by atoms with van der Waals surface area (Å²) in [5, 5.41) is 8.87. The van der Waals surface area contributed by atoms with Gasteiger partial charge in [-0.3, -0.25) is 4.79 Å². The molecule has 1 aromatic carbocycles. The molecule has 0 amide bonds. The van der Waals surface area contributed by atoms with Crippen LogP contribution in [-0.2, 0) is 9.59 Å². The van der Waals surface area contributed by atoms with Crippen molar-refractivity contribution >= 4 is 12.3 Å². The van der Waals surface area contributed by atoms with Gasteiger partial charge >= 0.3 is 5.97 Å². The standard InChI is InChI=1S/C11H12O3/c1-8-2-4-9(5-3-8)10(6-7-12)11(13)14/h2-5,7,10H,6H2,1H3,(H,13,14)/t10-/m1/s1. The van der Waals surface area contributed by atoms with Gasteiger partial charge in [-0.15, -0.1) is 0 Å². The van der Waals surface area contributed by atoms with Crippen LogP contribution in [0.25, 0.3) is 0 Å². The van der Waals surface area contributed by atoms with E-state index in [2.05, 4.69) is 0 Å². The number of carboxylic acids is 1. The molecule has 0 heterocycles. The molecule has 0 aromatic heterocycles. The molecule has 1 aromatic rings. The Morgan fingerprint density at radius 3 is 2.43 bits per heavy atom. The first-order chi connectivity index (χ1) is 6.65. The maximum absolute atomic E-state index is 10.8. The lowest BCUT2D eigenvalue weighted by Gasteiger charge is -2.09. The average Bonchev–Trinajstić information content (AvgIpc) is 2.15. The molecular formula is C11H12O3. The minimum atomic E-state index is -0.957. The maximum atomic E-state index is 10.8. The van der Waals surface area contributed by atoms with Crippen LogP contribution in [0.5, 0.6) is 0 Å². The number of aliphatic carboxylic acids is 1. The number of carboxylic acid groups (broad SMARTS) is 1. The van der Waals surface area contributed by atoms with Crippen LogP contribution < -0.4 is 0 Å². The van der Waals surface area contributed by atoms with E-state index in [1.165, 1.54) is 0 Å². The summed E-state index contributed by atoms with van der Waals surface area (Å²) in [6.07, 6.45) is 0.664. The van der Waals surface area contributed by atoms with Gasteiger partial charge in [-0.2, -0.15) is 0 Å². The zero-order valence-corrected chi connectivity index (χ0v) is 7.93. The molecule has 0 radical (unpaired) electrons. The van der Waals surface area contributed by atoms with Crippen LogP contribution in [0, 0.1) is 6.92 Å². The number of aryl methyl sites for hydroxylation is 1. The Hall–Kier alpha value is -1.64. The number of benzene rings is 1. The van der Waals surface area contributed by atoms with E-state index in [4.69, 9.17) is 5.11 Å². The second kappa shape index (κ2) is 4.56. The predicted molar refractivity (Wildman–Crippen MR) is 52.2 cm³/mol. The van der Waals surface area contributed by atoms with E-state index in [1.807, 2.05) is 19.1 Å². The van der Waals surface area contributed by atoms with Crippen molar-refractivity contribution in [2.24, 2.45) is 0 Å². The lowest BCUT2D eigenvalue weighted by Crippen LogP contribution is -2.11. The maximum Gasteiger partial charge on any atom is 0.311 e. The average molecular weight is 192 g/mol. The van der Waals surface area contributed by atoms with E-state index >= 15 is 0 Å². The summed E-state index contributed by atoms with van der Waals surface area (Å²) in [6, 6.07) is 7.18. The van der Waals surface area contributed by atoms with Crippen LogP contribution in [0.3, 0.4) is 0 Å². The first-order valence-electron chi connectivity index (χ1n) is 4.38. The number of hydrogen-bond acceptors (Lipinski definition) is 2. The van der Waals surface area contributed by atoms with Crippen molar-refractivity contribution in [2.75, 3.05) is 0 Å². The summed E-state index contributed by atoms with van der Waals surface area (Å²) in [4.78, 5) is 21.1. The van der Waals surface area contributed by atoms with E-state index in [0.29, 0.717) is 11.8 Å². The Morgan fingerprint density at radius 1 is 1.43 bits per heavy atom. The van der Waals surface area contributed by atoms with Crippen molar-refractivity contribution < 1.29 is 14.7 Å². The fourth-order valence-electron chi connectivity index (χ4n) is 1.27. The van der Waals surface area contributed by atoms with Crippen molar-refractivity contribution in [3.05, 3.63) is 35.4 Å². The summed E-state index contributed by atoms with van der Waals surface area (Å²) >= 11 is 0. The van der Waals surface area contributed by atoms with Gasteiger partial charge in [-0.05, 0) is 12.5 Å². The molecule has 1 rings (SSSR count). The molecule has 1 atom stereocenters. The van der Waals surface area contributed by atoms with Gasteiger partial charge in [0.1, 0.15) is 6.29 Å². The molecule has 0 aliphatic heterocycles. The number of hydrogen-bond donors (Lipinski definition) is 1. The molecule has 0 saturated heterocycles. The Labute approximate surface area is 82.4 Å². The van der Waals surface area contributed by atoms with Gasteiger partial charge in [-0.1, -0.05) is 29.8 Å². The largest absolute Gasteiger partial charge is 0.481 e. The van der Waals surface area contributed by atoms with Gasteiger partial charge in [0.25, 0.3) is 0 Å². The van der Waals surface area contributed by atoms with Gasteiger partial charge in [-0.25, -0.2) is 0 Å². The van der Waals surface area contributed by atoms with Crippen molar-refractivity contribution in [1.29, 1.82) is 0 Å². The van der Waals surface area contributed by atoms with Crippen LogP contribution in [-0.4, -0.2) is 17.4 Å². The van der Waals surface area contributed by atoms with Crippen LogP contribution in [0.1, 0.15) is 23.5 Å². The van der Waals surface area contributed by atoms with Crippen LogP contribution in [0.4, 0.5) is 0 Å². The molecule has 1 N–H and O–H groups in total. The third-order valence-corrected chi connectivity index (χ3v) is 2.11. The lowest BCUT2D eigenvalue weighted by molar-refractivity contribution is -0.139. The first-order valence-corrected chi connectivity index (χ1v) is 4.38. The lowest BCUT2D eigenvalue weighted by atomic mass is 9.96. The van der Waals surface area contributed by atoms with Crippen LogP contribution in [0.15, 0.2) is 24.3 Å². The van der Waals surface area contributed by atoms with Gasteiger partial charge in [0.2, 0.25) is 0 Å². The molecule has 0 unspecified atom stereocenters. The van der Waals surface area contributed by atoms with Gasteiger partial charge in [0, 0.05) is 6.42 Å².